The normalized spacial score (nSPS) is 19.2. The molecule has 0 atom stereocenters. The molecule has 4 heteroatoms. The number of carbonyl (C=O) groups is 1. The van der Waals surface area contributed by atoms with Crippen molar-refractivity contribution >= 4 is 11.6 Å². The Balaban J connectivity index is 1.15. The molecule has 2 aromatic rings. The van der Waals surface area contributed by atoms with Crippen LogP contribution in [0.2, 0.25) is 0 Å². The van der Waals surface area contributed by atoms with Crippen molar-refractivity contribution in [2.75, 3.05) is 18.0 Å². The quantitative estimate of drug-likeness (QED) is 0.827. The van der Waals surface area contributed by atoms with E-state index in [-0.39, 0.29) is 5.91 Å². The van der Waals surface area contributed by atoms with Gasteiger partial charge in [-0.2, -0.15) is 0 Å². The van der Waals surface area contributed by atoms with Crippen LogP contribution in [0, 0.1) is 19.8 Å². The second kappa shape index (κ2) is 6.36. The van der Waals surface area contributed by atoms with Crippen LogP contribution in [0.5, 0.6) is 0 Å². The molecule has 3 aliphatic rings. The summed E-state index contributed by atoms with van der Waals surface area (Å²) in [4.78, 5) is 21.8. The number of hydrogen-bond acceptors (Lipinski definition) is 3. The number of benzene rings is 1. The third-order valence-electron chi connectivity index (χ3n) is 6.33. The number of aryl methyl sites for hydroxylation is 2. The third-order valence-corrected chi connectivity index (χ3v) is 6.33. The highest BCUT2D eigenvalue weighted by Gasteiger charge is 2.33. The highest BCUT2D eigenvalue weighted by molar-refractivity contribution is 5.77. The van der Waals surface area contributed by atoms with Gasteiger partial charge in [0, 0.05) is 43.4 Å². The number of amides is 1. The molecule has 1 aromatic carbocycles. The van der Waals surface area contributed by atoms with Gasteiger partial charge in [0.2, 0.25) is 5.91 Å². The largest absolute Gasteiger partial charge is 0.371 e. The molecule has 140 valence electrons. The standard InChI is InChI=1S/C23H27N3O/c1-15-9-16(2)24-22-14-26(13-21(15)22)23(27)10-17-11-25(12-17)20-7-5-19(6-8-20)18-3-4-18/h5-9,17-18H,3-4,10-14H2,1-2H3. The number of fused-ring (bicyclic) bond motifs is 1. The maximum atomic E-state index is 12.8. The van der Waals surface area contributed by atoms with Crippen molar-refractivity contribution in [1.82, 2.24) is 9.88 Å². The van der Waals surface area contributed by atoms with E-state index in [1.165, 1.54) is 35.2 Å². The van der Waals surface area contributed by atoms with Crippen molar-refractivity contribution < 1.29 is 4.79 Å². The smallest absolute Gasteiger partial charge is 0.223 e. The van der Waals surface area contributed by atoms with Crippen LogP contribution in [-0.4, -0.2) is 28.9 Å². The number of pyridine rings is 1. The summed E-state index contributed by atoms with van der Waals surface area (Å²) >= 11 is 0. The Morgan fingerprint density at radius 2 is 1.85 bits per heavy atom. The Bertz CT molecular complexity index is 879. The van der Waals surface area contributed by atoms with E-state index >= 15 is 0 Å². The SMILES string of the molecule is Cc1cc(C)c2c(n1)CN(C(=O)CC1CN(c3ccc(C4CC4)cc3)C1)C2. The highest BCUT2D eigenvalue weighted by Crippen LogP contribution is 2.40. The molecule has 1 amide bonds. The van der Waals surface area contributed by atoms with E-state index < -0.39 is 0 Å². The summed E-state index contributed by atoms with van der Waals surface area (Å²) in [7, 11) is 0. The molecule has 0 spiro atoms. The van der Waals surface area contributed by atoms with Crippen LogP contribution in [0.3, 0.4) is 0 Å². The van der Waals surface area contributed by atoms with Crippen molar-refractivity contribution in [3.63, 3.8) is 0 Å². The van der Waals surface area contributed by atoms with Gasteiger partial charge in [-0.25, -0.2) is 0 Å². The molecule has 1 saturated heterocycles. The number of nitrogens with zero attached hydrogens (tertiary/aromatic N) is 3. The fourth-order valence-electron chi connectivity index (χ4n) is 4.55. The first kappa shape index (κ1) is 16.8. The molecule has 4 nitrogen and oxygen atoms in total. The molecular weight excluding hydrogens is 334 g/mol. The van der Waals surface area contributed by atoms with Gasteiger partial charge in [-0.15, -0.1) is 0 Å². The van der Waals surface area contributed by atoms with Crippen molar-refractivity contribution in [1.29, 1.82) is 0 Å². The summed E-state index contributed by atoms with van der Waals surface area (Å²) in [5, 5.41) is 0. The molecule has 3 heterocycles. The molecule has 1 saturated carbocycles. The first-order valence-corrected chi connectivity index (χ1v) is 10.2. The maximum absolute atomic E-state index is 12.8. The maximum Gasteiger partial charge on any atom is 0.223 e. The topological polar surface area (TPSA) is 36.4 Å². The average Bonchev–Trinajstić information content (AvgIpc) is 3.37. The summed E-state index contributed by atoms with van der Waals surface area (Å²) < 4.78 is 0. The van der Waals surface area contributed by atoms with Crippen molar-refractivity contribution in [2.24, 2.45) is 5.92 Å². The van der Waals surface area contributed by atoms with E-state index in [4.69, 9.17) is 0 Å². The fourth-order valence-corrected chi connectivity index (χ4v) is 4.55. The van der Waals surface area contributed by atoms with Crippen LogP contribution >= 0.6 is 0 Å². The second-order valence-electron chi connectivity index (χ2n) is 8.60. The molecule has 2 aliphatic heterocycles. The molecule has 0 unspecified atom stereocenters. The van der Waals surface area contributed by atoms with Gasteiger partial charge < -0.3 is 9.80 Å². The van der Waals surface area contributed by atoms with Gasteiger partial charge in [-0.05, 0) is 67.5 Å². The zero-order valence-electron chi connectivity index (χ0n) is 16.2. The summed E-state index contributed by atoms with van der Waals surface area (Å²) in [6, 6.07) is 11.2. The Morgan fingerprint density at radius 1 is 1.11 bits per heavy atom. The molecule has 5 rings (SSSR count). The minimum atomic E-state index is 0.277. The molecule has 0 bridgehead atoms. The lowest BCUT2D eigenvalue weighted by Crippen LogP contribution is -2.48. The van der Waals surface area contributed by atoms with Gasteiger partial charge in [0.15, 0.2) is 0 Å². The predicted octanol–water partition coefficient (Wildman–Crippen LogP) is 3.94. The molecular formula is C23H27N3O. The molecule has 27 heavy (non-hydrogen) atoms. The van der Waals surface area contributed by atoms with E-state index in [2.05, 4.69) is 47.1 Å². The van der Waals surface area contributed by atoms with Crippen LogP contribution < -0.4 is 4.90 Å². The number of carbonyl (C=O) groups excluding carboxylic acids is 1. The van der Waals surface area contributed by atoms with Gasteiger partial charge in [0.25, 0.3) is 0 Å². The summed E-state index contributed by atoms with van der Waals surface area (Å²) in [5.41, 5.74) is 7.43. The zero-order valence-corrected chi connectivity index (χ0v) is 16.2. The predicted molar refractivity (Wildman–Crippen MR) is 107 cm³/mol. The third kappa shape index (κ3) is 3.22. The van der Waals surface area contributed by atoms with E-state index in [1.807, 2.05) is 11.8 Å². The van der Waals surface area contributed by atoms with Crippen LogP contribution in [0.25, 0.3) is 0 Å². The number of hydrogen-bond donors (Lipinski definition) is 0. The van der Waals surface area contributed by atoms with E-state index in [0.717, 1.165) is 36.9 Å². The fraction of sp³-hybridized carbons (Fsp3) is 0.478. The van der Waals surface area contributed by atoms with Gasteiger partial charge >= 0.3 is 0 Å². The van der Waals surface area contributed by atoms with E-state index in [9.17, 15) is 4.79 Å². The molecule has 1 aromatic heterocycles. The van der Waals surface area contributed by atoms with Crippen LogP contribution in [0.15, 0.2) is 30.3 Å². The first-order chi connectivity index (χ1) is 13.1. The Kier molecular flexibility index (Phi) is 3.96. The highest BCUT2D eigenvalue weighted by atomic mass is 16.2. The number of aromatic nitrogens is 1. The van der Waals surface area contributed by atoms with Crippen LogP contribution in [0.4, 0.5) is 5.69 Å². The van der Waals surface area contributed by atoms with E-state index in [1.54, 1.807) is 0 Å². The average molecular weight is 361 g/mol. The lowest BCUT2D eigenvalue weighted by atomic mass is 9.94. The van der Waals surface area contributed by atoms with Gasteiger partial charge in [-0.3, -0.25) is 9.78 Å². The van der Waals surface area contributed by atoms with Gasteiger partial charge in [0.05, 0.1) is 12.2 Å². The minimum Gasteiger partial charge on any atom is -0.371 e. The minimum absolute atomic E-state index is 0.277. The number of anilines is 1. The summed E-state index contributed by atoms with van der Waals surface area (Å²) in [5.74, 6) is 1.56. The number of rotatable bonds is 4. The molecule has 2 fully saturated rings. The van der Waals surface area contributed by atoms with E-state index in [0.29, 0.717) is 18.9 Å². The van der Waals surface area contributed by atoms with Crippen molar-refractivity contribution in [3.05, 3.63) is 58.4 Å². The van der Waals surface area contributed by atoms with Gasteiger partial charge in [-0.1, -0.05) is 12.1 Å². The van der Waals surface area contributed by atoms with Crippen LogP contribution in [-0.2, 0) is 17.9 Å². The first-order valence-electron chi connectivity index (χ1n) is 10.2. The van der Waals surface area contributed by atoms with Crippen LogP contribution in [0.1, 0.15) is 53.3 Å². The Hall–Kier alpha value is -2.36. The van der Waals surface area contributed by atoms with Crippen molar-refractivity contribution in [3.8, 4) is 0 Å². The van der Waals surface area contributed by atoms with Crippen molar-refractivity contribution in [2.45, 2.75) is 52.1 Å². The molecule has 0 radical (unpaired) electrons. The molecule has 1 aliphatic carbocycles. The monoisotopic (exact) mass is 361 g/mol. The zero-order chi connectivity index (χ0) is 18.5. The Morgan fingerprint density at radius 3 is 2.56 bits per heavy atom. The summed E-state index contributed by atoms with van der Waals surface area (Å²) in [6.45, 7) is 7.54. The summed E-state index contributed by atoms with van der Waals surface area (Å²) in [6.07, 6.45) is 3.35. The molecule has 0 N–H and O–H groups in total. The van der Waals surface area contributed by atoms with Gasteiger partial charge in [0.1, 0.15) is 0 Å². The lowest BCUT2D eigenvalue weighted by Gasteiger charge is -2.41. The lowest BCUT2D eigenvalue weighted by molar-refractivity contribution is -0.133. The second-order valence-corrected chi connectivity index (χ2v) is 8.60. The Labute approximate surface area is 161 Å².